The Kier molecular flexibility index (Phi) is 4.36. The minimum Gasteiger partial charge on any atom is -0.484 e. The van der Waals surface area contributed by atoms with Crippen molar-refractivity contribution in [2.45, 2.75) is 50.9 Å². The molecule has 1 fully saturated rings. The maximum Gasteiger partial charge on any atom is 0.293 e. The minimum atomic E-state index is -0.883. The van der Waals surface area contributed by atoms with Gasteiger partial charge in [0.15, 0.2) is 6.10 Å². The van der Waals surface area contributed by atoms with Crippen LogP contribution in [0, 0.1) is 10.1 Å². The molecule has 0 unspecified atom stereocenters. The Morgan fingerprint density at radius 2 is 2.16 bits per heavy atom. The first kappa shape index (κ1) is 17.2. The Bertz CT molecular complexity index is 717. The molecule has 0 spiro atoms. The molecule has 0 N–H and O–H groups in total. The predicted octanol–water partition coefficient (Wildman–Crippen LogP) is 2.36. The number of benzene rings is 1. The average Bonchev–Trinajstić information content (AvgIpc) is 2.56. The molecule has 0 radical (unpaired) electrons. The second-order valence-corrected chi connectivity index (χ2v) is 6.83. The highest BCUT2D eigenvalue weighted by Crippen LogP contribution is 2.46. The van der Waals surface area contributed by atoms with Crippen LogP contribution in [0.25, 0.3) is 0 Å². The Balaban J connectivity index is 2.14. The number of nitrogens with zero attached hydrogens (tertiary/aromatic N) is 2. The first-order chi connectivity index (χ1) is 11.8. The van der Waals surface area contributed by atoms with Crippen molar-refractivity contribution in [2.24, 2.45) is 0 Å². The number of piperidine rings is 1. The zero-order valence-corrected chi connectivity index (χ0v) is 14.1. The van der Waals surface area contributed by atoms with Crippen molar-refractivity contribution in [1.82, 2.24) is 4.90 Å². The number of amides is 1. The number of carbonyl (C=O) groups is 2. The van der Waals surface area contributed by atoms with Crippen LogP contribution >= 0.6 is 0 Å². The highest BCUT2D eigenvalue weighted by molar-refractivity contribution is 5.78. The van der Waals surface area contributed by atoms with Crippen LogP contribution in [0.5, 0.6) is 5.75 Å². The van der Waals surface area contributed by atoms with E-state index in [0.29, 0.717) is 30.8 Å². The van der Waals surface area contributed by atoms with Crippen LogP contribution in [0.15, 0.2) is 18.2 Å². The lowest BCUT2D eigenvalue weighted by Crippen LogP contribution is -2.56. The molecule has 1 aromatic carbocycles. The number of likely N-dealkylation sites (tertiary alicyclic amines) is 1. The fourth-order valence-electron chi connectivity index (χ4n) is 3.61. The SMILES string of the molecule is CC1(C)Oc2ccc([N+](=O)[O-])cc2[C@H](N2CCCCC2=O)[C@H]1OC=O. The van der Waals surface area contributed by atoms with Crippen LogP contribution in [-0.2, 0) is 14.3 Å². The van der Waals surface area contributed by atoms with Crippen molar-refractivity contribution in [3.8, 4) is 5.75 Å². The molecule has 0 aromatic heterocycles. The lowest BCUT2D eigenvalue weighted by Gasteiger charge is -2.48. The molecule has 2 aliphatic heterocycles. The van der Waals surface area contributed by atoms with Crippen LogP contribution in [0.1, 0.15) is 44.7 Å². The largest absolute Gasteiger partial charge is 0.484 e. The van der Waals surface area contributed by atoms with E-state index in [1.807, 2.05) is 0 Å². The van der Waals surface area contributed by atoms with Crippen LogP contribution in [0.2, 0.25) is 0 Å². The minimum absolute atomic E-state index is 0.0501. The van der Waals surface area contributed by atoms with Crippen molar-refractivity contribution in [2.75, 3.05) is 6.54 Å². The van der Waals surface area contributed by atoms with E-state index in [4.69, 9.17) is 9.47 Å². The molecule has 1 aromatic rings. The molecule has 1 saturated heterocycles. The van der Waals surface area contributed by atoms with Crippen LogP contribution in [0.4, 0.5) is 5.69 Å². The van der Waals surface area contributed by atoms with E-state index in [1.54, 1.807) is 18.7 Å². The molecular formula is C17H20N2O6. The van der Waals surface area contributed by atoms with E-state index in [0.717, 1.165) is 12.8 Å². The number of nitro benzene ring substituents is 1. The smallest absolute Gasteiger partial charge is 0.293 e. The number of hydrogen-bond donors (Lipinski definition) is 0. The molecule has 0 aliphatic carbocycles. The number of carbonyl (C=O) groups excluding carboxylic acids is 2. The molecule has 25 heavy (non-hydrogen) atoms. The van der Waals surface area contributed by atoms with Crippen molar-refractivity contribution in [3.05, 3.63) is 33.9 Å². The maximum atomic E-state index is 12.5. The van der Waals surface area contributed by atoms with E-state index in [2.05, 4.69) is 0 Å². The van der Waals surface area contributed by atoms with Gasteiger partial charge >= 0.3 is 0 Å². The molecule has 8 nitrogen and oxygen atoms in total. The molecule has 3 rings (SSSR count). The van der Waals surface area contributed by atoms with Crippen LogP contribution in [0.3, 0.4) is 0 Å². The summed E-state index contributed by atoms with van der Waals surface area (Å²) in [6, 6.07) is 3.69. The van der Waals surface area contributed by atoms with Gasteiger partial charge < -0.3 is 14.4 Å². The second kappa shape index (κ2) is 6.34. The van der Waals surface area contributed by atoms with Gasteiger partial charge in [0.05, 0.1) is 4.92 Å². The Hall–Kier alpha value is -2.64. The number of non-ortho nitro benzene ring substituents is 1. The standard InChI is InChI=1S/C17H20N2O6/c1-17(2)16(24-10-20)15(18-8-4-3-5-14(18)21)12-9-11(19(22)23)6-7-13(12)25-17/h6-7,9-10,15-16H,3-5,8H2,1-2H3/t15-,16+/m0/s1. The zero-order valence-electron chi connectivity index (χ0n) is 14.1. The third kappa shape index (κ3) is 3.04. The quantitative estimate of drug-likeness (QED) is 0.470. The summed E-state index contributed by atoms with van der Waals surface area (Å²) in [5.41, 5.74) is -0.483. The third-order valence-corrected chi connectivity index (χ3v) is 4.77. The molecule has 134 valence electrons. The van der Waals surface area contributed by atoms with Crippen LogP contribution in [-0.4, -0.2) is 40.5 Å². The highest BCUT2D eigenvalue weighted by Gasteiger charge is 2.49. The fraction of sp³-hybridized carbons (Fsp3) is 0.529. The van der Waals surface area contributed by atoms with Gasteiger partial charge in [-0.25, -0.2) is 0 Å². The molecule has 1 amide bonds. The lowest BCUT2D eigenvalue weighted by molar-refractivity contribution is -0.385. The van der Waals surface area contributed by atoms with Gasteiger partial charge in [-0.3, -0.25) is 19.7 Å². The van der Waals surface area contributed by atoms with E-state index >= 15 is 0 Å². The van der Waals surface area contributed by atoms with E-state index < -0.39 is 22.7 Å². The highest BCUT2D eigenvalue weighted by atomic mass is 16.6. The molecular weight excluding hydrogens is 328 g/mol. The predicted molar refractivity (Wildman–Crippen MR) is 87.0 cm³/mol. The molecule has 2 atom stereocenters. The summed E-state index contributed by atoms with van der Waals surface area (Å²) in [5, 5.41) is 11.2. The molecule has 8 heteroatoms. The number of fused-ring (bicyclic) bond motifs is 1. The lowest BCUT2D eigenvalue weighted by atomic mass is 9.84. The van der Waals surface area contributed by atoms with Gasteiger partial charge in [-0.15, -0.1) is 0 Å². The summed E-state index contributed by atoms with van der Waals surface area (Å²) in [7, 11) is 0. The molecule has 2 heterocycles. The molecule has 0 bridgehead atoms. The molecule has 0 saturated carbocycles. The van der Waals surface area contributed by atoms with Gasteiger partial charge in [-0.2, -0.15) is 0 Å². The topological polar surface area (TPSA) is 99.0 Å². The van der Waals surface area contributed by atoms with Gasteiger partial charge in [0, 0.05) is 30.7 Å². The first-order valence-electron chi connectivity index (χ1n) is 8.21. The molecule has 2 aliphatic rings. The van der Waals surface area contributed by atoms with Gasteiger partial charge in [0.2, 0.25) is 5.91 Å². The third-order valence-electron chi connectivity index (χ3n) is 4.77. The van der Waals surface area contributed by atoms with Crippen LogP contribution < -0.4 is 4.74 Å². The van der Waals surface area contributed by atoms with E-state index in [9.17, 15) is 19.7 Å². The average molecular weight is 348 g/mol. The normalized spacial score (nSPS) is 24.9. The number of ether oxygens (including phenoxy) is 2. The van der Waals surface area contributed by atoms with Gasteiger partial charge in [0.1, 0.15) is 17.4 Å². The summed E-state index contributed by atoms with van der Waals surface area (Å²) in [6.45, 7) is 4.39. The Labute approximate surface area is 144 Å². The fourth-order valence-corrected chi connectivity index (χ4v) is 3.61. The van der Waals surface area contributed by atoms with E-state index in [-0.39, 0.29) is 11.6 Å². The summed E-state index contributed by atoms with van der Waals surface area (Å²) >= 11 is 0. The summed E-state index contributed by atoms with van der Waals surface area (Å²) in [5.74, 6) is 0.413. The van der Waals surface area contributed by atoms with Gasteiger partial charge in [-0.1, -0.05) is 0 Å². The summed E-state index contributed by atoms with van der Waals surface area (Å²) < 4.78 is 11.2. The number of nitro groups is 1. The maximum absolute atomic E-state index is 12.5. The summed E-state index contributed by atoms with van der Waals surface area (Å²) in [6.07, 6.45) is 1.29. The monoisotopic (exact) mass is 348 g/mol. The summed E-state index contributed by atoms with van der Waals surface area (Å²) in [4.78, 5) is 35.9. The first-order valence-corrected chi connectivity index (χ1v) is 8.21. The number of hydrogen-bond acceptors (Lipinski definition) is 6. The van der Waals surface area contributed by atoms with Crippen molar-refractivity contribution < 1.29 is 24.0 Å². The van der Waals surface area contributed by atoms with Gasteiger partial charge in [0.25, 0.3) is 12.2 Å². The second-order valence-electron chi connectivity index (χ2n) is 6.83. The van der Waals surface area contributed by atoms with Crippen molar-refractivity contribution in [3.63, 3.8) is 0 Å². The zero-order chi connectivity index (χ0) is 18.2. The van der Waals surface area contributed by atoms with Crippen molar-refractivity contribution in [1.29, 1.82) is 0 Å². The van der Waals surface area contributed by atoms with Crippen molar-refractivity contribution >= 4 is 18.1 Å². The van der Waals surface area contributed by atoms with E-state index in [1.165, 1.54) is 18.2 Å². The Morgan fingerprint density at radius 3 is 2.80 bits per heavy atom. The Morgan fingerprint density at radius 1 is 1.40 bits per heavy atom. The number of rotatable bonds is 4. The van der Waals surface area contributed by atoms with Gasteiger partial charge in [-0.05, 0) is 32.8 Å².